The van der Waals surface area contributed by atoms with Gasteiger partial charge in [-0.1, -0.05) is 12.1 Å². The first-order chi connectivity index (χ1) is 9.79. The number of carboxylic acids is 1. The van der Waals surface area contributed by atoms with E-state index in [-0.39, 0.29) is 17.6 Å². The molecule has 0 bridgehead atoms. The molecule has 2 rings (SSSR count). The third-order valence-electron chi connectivity index (χ3n) is 3.35. The number of hydrogen-bond acceptors (Lipinski definition) is 4. The summed E-state index contributed by atoms with van der Waals surface area (Å²) in [5.41, 5.74) is 0.878. The second-order valence-corrected chi connectivity index (χ2v) is 8.08. The van der Waals surface area contributed by atoms with E-state index in [9.17, 15) is 22.7 Å². The fourth-order valence-electron chi connectivity index (χ4n) is 2.35. The number of thioether (sulfide) groups is 1. The molecule has 1 saturated heterocycles. The molecule has 1 aromatic carbocycles. The number of benzene rings is 1. The van der Waals surface area contributed by atoms with E-state index in [1.165, 1.54) is 23.9 Å². The van der Waals surface area contributed by atoms with Gasteiger partial charge in [0.25, 0.3) is 0 Å². The zero-order valence-corrected chi connectivity index (χ0v) is 13.0. The van der Waals surface area contributed by atoms with E-state index in [1.807, 2.05) is 0 Å². The number of rotatable bonds is 5. The first-order valence-corrected chi connectivity index (χ1v) is 9.24. The van der Waals surface area contributed by atoms with Gasteiger partial charge in [-0.15, -0.1) is 0 Å². The molecule has 0 amide bonds. The van der Waals surface area contributed by atoms with Gasteiger partial charge in [0, 0.05) is 17.5 Å². The largest absolute Gasteiger partial charge is 0.480 e. The van der Waals surface area contributed by atoms with E-state index >= 15 is 0 Å². The van der Waals surface area contributed by atoms with Crippen LogP contribution < -0.4 is 0 Å². The van der Waals surface area contributed by atoms with Crippen molar-refractivity contribution in [3.8, 4) is 0 Å². The van der Waals surface area contributed by atoms with Crippen molar-refractivity contribution < 1.29 is 22.7 Å². The molecule has 21 heavy (non-hydrogen) atoms. The normalized spacial score (nSPS) is 23.3. The standard InChI is InChI=1S/C13H16FNO4S2/c1-21(18,19)15-7-6-11(12(15)13(16)17)20-8-9-2-4-10(14)5-3-9/h2-5,11-12H,6-8H2,1H3,(H,16,17). The fourth-order valence-corrected chi connectivity index (χ4v) is 4.83. The van der Waals surface area contributed by atoms with Crippen molar-refractivity contribution in [1.82, 2.24) is 4.31 Å². The molecule has 1 heterocycles. The number of halogens is 1. The molecule has 0 spiro atoms. The SMILES string of the molecule is CS(=O)(=O)N1CCC(SCc2ccc(F)cc2)C1C(=O)O. The Morgan fingerprint density at radius 3 is 2.57 bits per heavy atom. The number of hydrogen-bond donors (Lipinski definition) is 1. The Morgan fingerprint density at radius 1 is 1.43 bits per heavy atom. The summed E-state index contributed by atoms with van der Waals surface area (Å²) in [4.78, 5) is 11.4. The number of carboxylic acid groups (broad SMARTS) is 1. The molecular weight excluding hydrogens is 317 g/mol. The molecule has 1 aliphatic rings. The van der Waals surface area contributed by atoms with Crippen LogP contribution in [0.25, 0.3) is 0 Å². The van der Waals surface area contributed by atoms with Gasteiger partial charge in [-0.25, -0.2) is 12.8 Å². The second kappa shape index (κ2) is 6.33. The fraction of sp³-hybridized carbons (Fsp3) is 0.462. The van der Waals surface area contributed by atoms with Gasteiger partial charge in [0.1, 0.15) is 11.9 Å². The van der Waals surface area contributed by atoms with Crippen LogP contribution in [-0.2, 0) is 20.6 Å². The summed E-state index contributed by atoms with van der Waals surface area (Å²) in [7, 11) is -3.53. The molecule has 0 aliphatic carbocycles. The topological polar surface area (TPSA) is 74.7 Å². The molecule has 2 atom stereocenters. The smallest absolute Gasteiger partial charge is 0.323 e. The van der Waals surface area contributed by atoms with Gasteiger partial charge in [-0.2, -0.15) is 16.1 Å². The Morgan fingerprint density at radius 2 is 2.05 bits per heavy atom. The Bertz CT molecular complexity index is 618. The van der Waals surface area contributed by atoms with E-state index in [0.717, 1.165) is 16.1 Å². The average molecular weight is 333 g/mol. The number of carbonyl (C=O) groups is 1. The van der Waals surface area contributed by atoms with Gasteiger partial charge in [-0.05, 0) is 24.1 Å². The highest BCUT2D eigenvalue weighted by molar-refractivity contribution is 7.99. The van der Waals surface area contributed by atoms with E-state index in [4.69, 9.17) is 0 Å². The summed E-state index contributed by atoms with van der Waals surface area (Å²) in [6.07, 6.45) is 1.52. The van der Waals surface area contributed by atoms with Crippen molar-refractivity contribution in [3.63, 3.8) is 0 Å². The zero-order valence-electron chi connectivity index (χ0n) is 11.4. The van der Waals surface area contributed by atoms with E-state index in [0.29, 0.717) is 12.2 Å². The van der Waals surface area contributed by atoms with Crippen molar-refractivity contribution in [2.75, 3.05) is 12.8 Å². The minimum atomic E-state index is -3.53. The van der Waals surface area contributed by atoms with Crippen LogP contribution >= 0.6 is 11.8 Å². The highest BCUT2D eigenvalue weighted by atomic mass is 32.2. The Labute approximate surface area is 127 Å². The monoisotopic (exact) mass is 333 g/mol. The molecule has 0 saturated carbocycles. The summed E-state index contributed by atoms with van der Waals surface area (Å²) in [6.45, 7) is 0.219. The van der Waals surface area contributed by atoms with Crippen molar-refractivity contribution in [2.45, 2.75) is 23.5 Å². The maximum Gasteiger partial charge on any atom is 0.323 e. The van der Waals surface area contributed by atoms with Gasteiger partial charge >= 0.3 is 5.97 Å². The second-order valence-electron chi connectivity index (χ2n) is 4.92. The number of nitrogens with zero attached hydrogens (tertiary/aromatic N) is 1. The molecule has 1 N–H and O–H groups in total. The Kier molecular flexibility index (Phi) is 4.90. The van der Waals surface area contributed by atoms with Crippen molar-refractivity contribution in [3.05, 3.63) is 35.6 Å². The first-order valence-electron chi connectivity index (χ1n) is 6.34. The maximum absolute atomic E-state index is 12.8. The predicted molar refractivity (Wildman–Crippen MR) is 79.1 cm³/mol. The maximum atomic E-state index is 12.8. The Hall–Kier alpha value is -1.12. The van der Waals surface area contributed by atoms with Gasteiger partial charge in [-0.3, -0.25) is 4.79 Å². The highest BCUT2D eigenvalue weighted by Crippen LogP contribution is 2.32. The minimum Gasteiger partial charge on any atom is -0.480 e. The van der Waals surface area contributed by atoms with Crippen LogP contribution in [0, 0.1) is 5.82 Å². The molecule has 0 aromatic heterocycles. The van der Waals surface area contributed by atoms with Crippen LogP contribution in [0.4, 0.5) is 4.39 Å². The first kappa shape index (κ1) is 16.3. The van der Waals surface area contributed by atoms with Crippen LogP contribution in [-0.4, -0.2) is 47.9 Å². The van der Waals surface area contributed by atoms with Crippen LogP contribution in [0.1, 0.15) is 12.0 Å². The van der Waals surface area contributed by atoms with Crippen LogP contribution in [0.2, 0.25) is 0 Å². The summed E-state index contributed by atoms with van der Waals surface area (Å²) < 4.78 is 37.1. The summed E-state index contributed by atoms with van der Waals surface area (Å²) in [6, 6.07) is 4.94. The van der Waals surface area contributed by atoms with Crippen molar-refractivity contribution in [2.24, 2.45) is 0 Å². The molecule has 8 heteroatoms. The molecule has 1 fully saturated rings. The molecule has 0 radical (unpaired) electrons. The summed E-state index contributed by atoms with van der Waals surface area (Å²) in [5, 5.41) is 8.98. The summed E-state index contributed by atoms with van der Waals surface area (Å²) in [5.74, 6) is -0.933. The number of sulfonamides is 1. The Balaban J connectivity index is 2.06. The molecule has 1 aromatic rings. The lowest BCUT2D eigenvalue weighted by atomic mass is 10.2. The van der Waals surface area contributed by atoms with Gasteiger partial charge in [0.05, 0.1) is 6.26 Å². The highest BCUT2D eigenvalue weighted by Gasteiger charge is 2.43. The molecule has 2 unspecified atom stereocenters. The molecule has 1 aliphatic heterocycles. The molecular formula is C13H16FNO4S2. The third-order valence-corrected chi connectivity index (χ3v) is 6.04. The lowest BCUT2D eigenvalue weighted by Crippen LogP contribution is -2.43. The lowest BCUT2D eigenvalue weighted by molar-refractivity contribution is -0.140. The van der Waals surface area contributed by atoms with E-state index in [2.05, 4.69) is 0 Å². The molecule has 5 nitrogen and oxygen atoms in total. The van der Waals surface area contributed by atoms with Crippen LogP contribution in [0.3, 0.4) is 0 Å². The van der Waals surface area contributed by atoms with Crippen LogP contribution in [0.15, 0.2) is 24.3 Å². The zero-order chi connectivity index (χ0) is 15.6. The van der Waals surface area contributed by atoms with Crippen molar-refractivity contribution >= 4 is 27.8 Å². The van der Waals surface area contributed by atoms with Gasteiger partial charge in [0.2, 0.25) is 10.0 Å². The lowest BCUT2D eigenvalue weighted by Gasteiger charge is -2.22. The van der Waals surface area contributed by atoms with E-state index < -0.39 is 22.0 Å². The average Bonchev–Trinajstić information content (AvgIpc) is 2.82. The van der Waals surface area contributed by atoms with Gasteiger partial charge in [0.15, 0.2) is 0 Å². The van der Waals surface area contributed by atoms with Crippen LogP contribution in [0.5, 0.6) is 0 Å². The third kappa shape index (κ3) is 3.96. The number of aliphatic carboxylic acids is 1. The van der Waals surface area contributed by atoms with E-state index in [1.54, 1.807) is 12.1 Å². The minimum absolute atomic E-state index is 0.219. The van der Waals surface area contributed by atoms with Crippen molar-refractivity contribution in [1.29, 1.82) is 0 Å². The predicted octanol–water partition coefficient (Wildman–Crippen LogP) is 1.55. The summed E-state index contributed by atoms with van der Waals surface area (Å²) >= 11 is 1.39. The molecule has 116 valence electrons. The van der Waals surface area contributed by atoms with Gasteiger partial charge < -0.3 is 5.11 Å². The quantitative estimate of drug-likeness (QED) is 0.885.